The van der Waals surface area contributed by atoms with Gasteiger partial charge in [0, 0.05) is 12.1 Å². The topological polar surface area (TPSA) is 78.5 Å². The van der Waals surface area contributed by atoms with E-state index in [4.69, 9.17) is 0 Å². The van der Waals surface area contributed by atoms with E-state index in [2.05, 4.69) is 46.1 Å². The van der Waals surface area contributed by atoms with E-state index >= 15 is 0 Å². The molecule has 0 saturated carbocycles. The molecule has 1 atom stereocenters. The second-order valence-electron chi connectivity index (χ2n) is 7.41. The fraction of sp³-hybridized carbons (Fsp3) is 0.409. The van der Waals surface area contributed by atoms with Gasteiger partial charge in [0.05, 0.1) is 10.9 Å². The van der Waals surface area contributed by atoms with Gasteiger partial charge in [0.15, 0.2) is 0 Å². The first kappa shape index (κ1) is 23.1. The first-order chi connectivity index (χ1) is 13.6. The van der Waals surface area contributed by atoms with Gasteiger partial charge in [-0.3, -0.25) is 4.79 Å². The molecular weight excluding hydrogens is 386 g/mol. The van der Waals surface area contributed by atoms with Crippen molar-refractivity contribution >= 4 is 15.9 Å². The standard InChI is InChI=1S/C22H31N3O3S/c1-7-17-8-10-18(11-9-17)20(25(5)6)14-24-22(26)19-12-15(2)16(3)21(13-19)29(27,28)23-4/h8-13,20,23H,7,14H2,1-6H3,(H,24,26). The Morgan fingerprint density at radius 2 is 1.72 bits per heavy atom. The van der Waals surface area contributed by atoms with Crippen LogP contribution in [-0.2, 0) is 16.4 Å². The van der Waals surface area contributed by atoms with E-state index in [9.17, 15) is 13.2 Å². The molecule has 2 aromatic carbocycles. The predicted octanol–water partition coefficient (Wildman–Crippen LogP) is 2.81. The van der Waals surface area contributed by atoms with E-state index in [1.54, 1.807) is 19.9 Å². The van der Waals surface area contributed by atoms with E-state index in [-0.39, 0.29) is 16.8 Å². The first-order valence-electron chi connectivity index (χ1n) is 9.69. The minimum atomic E-state index is -3.64. The number of likely N-dealkylation sites (N-methyl/N-ethyl adjacent to an activating group) is 1. The van der Waals surface area contributed by atoms with Crippen molar-refractivity contribution in [3.8, 4) is 0 Å². The van der Waals surface area contributed by atoms with Crippen LogP contribution in [0.5, 0.6) is 0 Å². The molecule has 0 saturated heterocycles. The van der Waals surface area contributed by atoms with Crippen molar-refractivity contribution in [3.63, 3.8) is 0 Å². The van der Waals surface area contributed by atoms with Crippen molar-refractivity contribution < 1.29 is 13.2 Å². The van der Waals surface area contributed by atoms with E-state index < -0.39 is 10.0 Å². The number of hydrogen-bond donors (Lipinski definition) is 2. The summed E-state index contributed by atoms with van der Waals surface area (Å²) in [5, 5.41) is 2.95. The number of amides is 1. The fourth-order valence-electron chi connectivity index (χ4n) is 3.21. The van der Waals surface area contributed by atoms with E-state index in [1.165, 1.54) is 18.7 Å². The van der Waals surface area contributed by atoms with E-state index in [0.29, 0.717) is 17.7 Å². The van der Waals surface area contributed by atoms with Crippen molar-refractivity contribution in [3.05, 3.63) is 64.2 Å². The van der Waals surface area contributed by atoms with Crippen LogP contribution < -0.4 is 10.0 Å². The quantitative estimate of drug-likeness (QED) is 0.692. The molecule has 6 nitrogen and oxygen atoms in total. The van der Waals surface area contributed by atoms with Gasteiger partial charge in [0.2, 0.25) is 10.0 Å². The molecule has 0 spiro atoms. The molecule has 0 radical (unpaired) electrons. The van der Waals surface area contributed by atoms with Crippen molar-refractivity contribution in [1.29, 1.82) is 0 Å². The molecule has 0 aliphatic heterocycles. The van der Waals surface area contributed by atoms with Crippen molar-refractivity contribution in [1.82, 2.24) is 14.9 Å². The number of nitrogens with zero attached hydrogens (tertiary/aromatic N) is 1. The largest absolute Gasteiger partial charge is 0.350 e. The highest BCUT2D eigenvalue weighted by molar-refractivity contribution is 7.89. The first-order valence-corrected chi connectivity index (χ1v) is 11.2. The lowest BCUT2D eigenvalue weighted by Crippen LogP contribution is -2.34. The second kappa shape index (κ2) is 9.52. The van der Waals surface area contributed by atoms with Crippen LogP contribution in [0, 0.1) is 13.8 Å². The van der Waals surface area contributed by atoms with Gasteiger partial charge in [0.25, 0.3) is 5.91 Å². The molecule has 2 aromatic rings. The average Bonchev–Trinajstić information content (AvgIpc) is 2.69. The van der Waals surface area contributed by atoms with Gasteiger partial charge in [-0.25, -0.2) is 13.1 Å². The Labute approximate surface area is 174 Å². The zero-order chi connectivity index (χ0) is 21.8. The number of rotatable bonds is 8. The van der Waals surface area contributed by atoms with Crippen molar-refractivity contribution in [2.75, 3.05) is 27.7 Å². The van der Waals surface area contributed by atoms with E-state index in [0.717, 1.165) is 17.5 Å². The highest BCUT2D eigenvalue weighted by Gasteiger charge is 2.21. The Morgan fingerprint density at radius 1 is 1.10 bits per heavy atom. The summed E-state index contributed by atoms with van der Waals surface area (Å²) in [4.78, 5) is 15.0. The van der Waals surface area contributed by atoms with Crippen LogP contribution >= 0.6 is 0 Å². The van der Waals surface area contributed by atoms with Gasteiger partial charge in [-0.2, -0.15) is 0 Å². The Morgan fingerprint density at radius 3 is 2.24 bits per heavy atom. The average molecular weight is 418 g/mol. The van der Waals surface area contributed by atoms with Crippen LogP contribution in [0.15, 0.2) is 41.3 Å². The lowest BCUT2D eigenvalue weighted by atomic mass is 10.0. The molecule has 0 aromatic heterocycles. The maximum atomic E-state index is 12.8. The summed E-state index contributed by atoms with van der Waals surface area (Å²) in [6, 6.07) is 11.5. The van der Waals surface area contributed by atoms with Gasteiger partial charge in [0.1, 0.15) is 0 Å². The normalized spacial score (nSPS) is 12.8. The second-order valence-corrected chi connectivity index (χ2v) is 9.26. The molecule has 29 heavy (non-hydrogen) atoms. The maximum absolute atomic E-state index is 12.8. The van der Waals surface area contributed by atoms with Gasteiger partial charge in [-0.05, 0) is 75.8 Å². The summed E-state index contributed by atoms with van der Waals surface area (Å²) in [7, 11) is 1.66. The predicted molar refractivity (Wildman–Crippen MR) is 117 cm³/mol. The molecule has 1 unspecified atom stereocenters. The van der Waals surface area contributed by atoms with Crippen LogP contribution in [0.2, 0.25) is 0 Å². The Kier molecular flexibility index (Phi) is 7.57. The lowest BCUT2D eigenvalue weighted by Gasteiger charge is -2.25. The Hall–Kier alpha value is -2.22. The summed E-state index contributed by atoms with van der Waals surface area (Å²) >= 11 is 0. The Balaban J connectivity index is 2.24. The Bertz CT molecular complexity index is 968. The molecule has 0 aliphatic carbocycles. The van der Waals surface area contributed by atoms with Crippen LogP contribution in [0.25, 0.3) is 0 Å². The smallest absolute Gasteiger partial charge is 0.251 e. The summed E-state index contributed by atoms with van der Waals surface area (Å²) in [5.74, 6) is -0.294. The molecule has 0 bridgehead atoms. The molecule has 2 rings (SSSR count). The molecule has 7 heteroatoms. The molecule has 158 valence electrons. The van der Waals surface area contributed by atoms with Gasteiger partial charge in [-0.15, -0.1) is 0 Å². The van der Waals surface area contributed by atoms with Crippen molar-refractivity contribution in [2.45, 2.75) is 38.1 Å². The minimum Gasteiger partial charge on any atom is -0.350 e. The molecule has 0 aliphatic rings. The van der Waals surface area contributed by atoms with Crippen LogP contribution in [-0.4, -0.2) is 46.9 Å². The monoisotopic (exact) mass is 417 g/mol. The van der Waals surface area contributed by atoms with Crippen LogP contribution in [0.3, 0.4) is 0 Å². The number of aryl methyl sites for hydroxylation is 2. The minimum absolute atomic E-state index is 0.0110. The van der Waals surface area contributed by atoms with Gasteiger partial charge >= 0.3 is 0 Å². The zero-order valence-electron chi connectivity index (χ0n) is 18.0. The van der Waals surface area contributed by atoms with Crippen molar-refractivity contribution in [2.24, 2.45) is 0 Å². The van der Waals surface area contributed by atoms with E-state index in [1.807, 2.05) is 14.1 Å². The number of nitrogens with one attached hydrogen (secondary N) is 2. The van der Waals surface area contributed by atoms with Gasteiger partial charge < -0.3 is 10.2 Å². The van der Waals surface area contributed by atoms with Gasteiger partial charge in [-0.1, -0.05) is 31.2 Å². The molecular formula is C22H31N3O3S. The lowest BCUT2D eigenvalue weighted by molar-refractivity contribution is 0.0941. The number of benzene rings is 2. The highest BCUT2D eigenvalue weighted by atomic mass is 32.2. The molecule has 0 heterocycles. The third-order valence-electron chi connectivity index (χ3n) is 5.29. The number of carbonyl (C=O) groups excluding carboxylic acids is 1. The summed E-state index contributed by atoms with van der Waals surface area (Å²) in [6.45, 7) is 6.07. The summed E-state index contributed by atoms with van der Waals surface area (Å²) in [5.41, 5.74) is 4.11. The third-order valence-corrected chi connectivity index (χ3v) is 6.83. The maximum Gasteiger partial charge on any atom is 0.251 e. The summed E-state index contributed by atoms with van der Waals surface area (Å²) in [6.07, 6.45) is 0.980. The fourth-order valence-corrected chi connectivity index (χ4v) is 4.28. The van der Waals surface area contributed by atoms with Crippen LogP contribution in [0.4, 0.5) is 0 Å². The molecule has 0 fully saturated rings. The zero-order valence-corrected chi connectivity index (χ0v) is 18.9. The number of carbonyl (C=O) groups is 1. The number of hydrogen-bond acceptors (Lipinski definition) is 4. The highest BCUT2D eigenvalue weighted by Crippen LogP contribution is 2.22. The third kappa shape index (κ3) is 5.44. The summed E-state index contributed by atoms with van der Waals surface area (Å²) < 4.78 is 26.9. The molecule has 2 N–H and O–H groups in total. The molecule has 1 amide bonds. The number of sulfonamides is 1. The SMILES string of the molecule is CCc1ccc(C(CNC(=O)c2cc(C)c(C)c(S(=O)(=O)NC)c2)N(C)C)cc1. The van der Waals surface area contributed by atoms with Crippen LogP contribution in [0.1, 0.15) is 45.6 Å².